The van der Waals surface area contributed by atoms with Crippen LogP contribution in [-0.4, -0.2) is 43.1 Å². The van der Waals surface area contributed by atoms with Crippen molar-refractivity contribution in [2.75, 3.05) is 31.9 Å². The van der Waals surface area contributed by atoms with Crippen LogP contribution in [0.1, 0.15) is 22.8 Å². The predicted octanol–water partition coefficient (Wildman–Crippen LogP) is 2.24. The van der Waals surface area contributed by atoms with E-state index in [1.165, 1.54) is 7.11 Å². The third-order valence-electron chi connectivity index (χ3n) is 3.15. The van der Waals surface area contributed by atoms with Crippen molar-refractivity contribution in [3.63, 3.8) is 0 Å². The molecule has 0 aliphatic carbocycles. The molecule has 0 heterocycles. The van der Waals surface area contributed by atoms with Crippen LogP contribution < -0.4 is 5.73 Å². The molecule has 0 aliphatic rings. The van der Waals surface area contributed by atoms with E-state index < -0.39 is 0 Å². The summed E-state index contributed by atoms with van der Waals surface area (Å²) in [5.41, 5.74) is 7.74. The first-order valence-corrected chi connectivity index (χ1v) is 7.55. The van der Waals surface area contributed by atoms with Crippen molar-refractivity contribution in [3.8, 4) is 0 Å². The number of anilines is 1. The Morgan fingerprint density at radius 1 is 1.53 bits per heavy atom. The monoisotopic (exact) mass is 282 g/mol. The van der Waals surface area contributed by atoms with Crippen LogP contribution in [0.2, 0.25) is 0 Å². The maximum Gasteiger partial charge on any atom is 0.340 e. The van der Waals surface area contributed by atoms with E-state index in [0.717, 1.165) is 11.3 Å². The van der Waals surface area contributed by atoms with Gasteiger partial charge in [0.05, 0.1) is 12.7 Å². The summed E-state index contributed by atoms with van der Waals surface area (Å²) in [5, 5.41) is 0. The maximum atomic E-state index is 11.8. The minimum atomic E-state index is -0.376. The lowest BCUT2D eigenvalue weighted by Gasteiger charge is -2.25. The van der Waals surface area contributed by atoms with Crippen molar-refractivity contribution in [2.24, 2.45) is 0 Å². The number of ether oxygens (including phenoxy) is 1. The third kappa shape index (κ3) is 4.14. The second-order valence-corrected chi connectivity index (χ2v) is 5.50. The third-order valence-corrected chi connectivity index (χ3v) is 3.97. The van der Waals surface area contributed by atoms with Gasteiger partial charge in [0.15, 0.2) is 0 Å². The minimum absolute atomic E-state index is 0.376. The molecule has 0 saturated carbocycles. The van der Waals surface area contributed by atoms with Crippen LogP contribution in [0.15, 0.2) is 18.2 Å². The molecule has 0 aromatic heterocycles. The zero-order chi connectivity index (χ0) is 14.4. The first-order chi connectivity index (χ1) is 9.01. The van der Waals surface area contributed by atoms with Gasteiger partial charge in [0, 0.05) is 24.0 Å². The van der Waals surface area contributed by atoms with Gasteiger partial charge < -0.3 is 10.5 Å². The van der Waals surface area contributed by atoms with Crippen LogP contribution in [0.5, 0.6) is 0 Å². The Morgan fingerprint density at radius 3 is 2.79 bits per heavy atom. The van der Waals surface area contributed by atoms with Crippen LogP contribution in [-0.2, 0) is 11.3 Å². The molecule has 1 aromatic carbocycles. The molecule has 19 heavy (non-hydrogen) atoms. The molecule has 1 unspecified atom stereocenters. The molecule has 1 atom stereocenters. The molecule has 2 N–H and O–H groups in total. The minimum Gasteiger partial charge on any atom is -0.465 e. The lowest BCUT2D eigenvalue weighted by atomic mass is 10.0. The number of hydrogen-bond acceptors (Lipinski definition) is 5. The van der Waals surface area contributed by atoms with E-state index in [4.69, 9.17) is 10.5 Å². The number of thioether (sulfide) groups is 1. The highest BCUT2D eigenvalue weighted by atomic mass is 32.2. The second kappa shape index (κ2) is 7.40. The van der Waals surface area contributed by atoms with Crippen molar-refractivity contribution in [2.45, 2.75) is 19.5 Å². The fourth-order valence-electron chi connectivity index (χ4n) is 1.90. The number of nitrogens with two attached hydrogens (primary N) is 1. The molecule has 0 spiro atoms. The number of carbonyl (C=O) groups excluding carboxylic acids is 1. The van der Waals surface area contributed by atoms with Crippen LogP contribution >= 0.6 is 11.8 Å². The molecule has 1 rings (SSSR count). The Morgan fingerprint density at radius 2 is 2.21 bits per heavy atom. The number of nitrogen functional groups attached to an aromatic ring is 1. The number of carbonyl (C=O) groups is 1. The van der Waals surface area contributed by atoms with Gasteiger partial charge in [0.1, 0.15) is 0 Å². The number of nitrogens with zero attached hydrogens (tertiary/aromatic N) is 1. The average Bonchev–Trinajstić information content (AvgIpc) is 2.38. The Kier molecular flexibility index (Phi) is 6.18. The van der Waals surface area contributed by atoms with Crippen LogP contribution in [0.3, 0.4) is 0 Å². The van der Waals surface area contributed by atoms with E-state index in [1.54, 1.807) is 6.07 Å². The van der Waals surface area contributed by atoms with Gasteiger partial charge in [-0.15, -0.1) is 0 Å². The van der Waals surface area contributed by atoms with E-state index in [2.05, 4.69) is 18.1 Å². The smallest absolute Gasteiger partial charge is 0.340 e. The summed E-state index contributed by atoms with van der Waals surface area (Å²) in [6, 6.07) is 5.94. The molecule has 0 fully saturated rings. The number of esters is 1. The quantitative estimate of drug-likeness (QED) is 0.640. The van der Waals surface area contributed by atoms with Crippen LogP contribution in [0.25, 0.3) is 0 Å². The summed E-state index contributed by atoms with van der Waals surface area (Å²) in [6.07, 6.45) is 2.09. The summed E-state index contributed by atoms with van der Waals surface area (Å²) in [7, 11) is 3.42. The zero-order valence-corrected chi connectivity index (χ0v) is 12.8. The van der Waals surface area contributed by atoms with Gasteiger partial charge in [0.25, 0.3) is 0 Å². The van der Waals surface area contributed by atoms with Crippen molar-refractivity contribution < 1.29 is 9.53 Å². The van der Waals surface area contributed by atoms with Crippen LogP contribution in [0, 0.1) is 0 Å². The molecule has 0 bridgehead atoms. The molecule has 5 heteroatoms. The zero-order valence-electron chi connectivity index (χ0n) is 12.0. The highest BCUT2D eigenvalue weighted by Gasteiger charge is 2.18. The Bertz CT molecular complexity index is 437. The van der Waals surface area contributed by atoms with Crippen LogP contribution in [0.4, 0.5) is 5.69 Å². The predicted molar refractivity (Wildman–Crippen MR) is 81.5 cm³/mol. The fourth-order valence-corrected chi connectivity index (χ4v) is 2.63. The van der Waals surface area contributed by atoms with Gasteiger partial charge in [-0.1, -0.05) is 12.1 Å². The Labute approximate surface area is 119 Å². The molecule has 0 saturated heterocycles. The van der Waals surface area contributed by atoms with Crippen molar-refractivity contribution in [1.82, 2.24) is 4.90 Å². The molecular weight excluding hydrogens is 260 g/mol. The van der Waals surface area contributed by atoms with E-state index >= 15 is 0 Å². The fraction of sp³-hybridized carbons (Fsp3) is 0.500. The summed E-state index contributed by atoms with van der Waals surface area (Å²) in [6.45, 7) is 2.85. The van der Waals surface area contributed by atoms with E-state index in [1.807, 2.05) is 30.9 Å². The highest BCUT2D eigenvalue weighted by Crippen LogP contribution is 2.20. The topological polar surface area (TPSA) is 55.6 Å². The van der Waals surface area contributed by atoms with Gasteiger partial charge in [-0.25, -0.2) is 4.79 Å². The normalized spacial score (nSPS) is 12.5. The van der Waals surface area contributed by atoms with Gasteiger partial charge in [-0.05, 0) is 31.9 Å². The van der Waals surface area contributed by atoms with Gasteiger partial charge in [-0.2, -0.15) is 11.8 Å². The van der Waals surface area contributed by atoms with Crippen molar-refractivity contribution in [1.29, 1.82) is 0 Å². The number of benzene rings is 1. The van der Waals surface area contributed by atoms with Gasteiger partial charge in [-0.3, -0.25) is 4.90 Å². The second-order valence-electron chi connectivity index (χ2n) is 4.59. The average molecular weight is 282 g/mol. The summed E-state index contributed by atoms with van der Waals surface area (Å²) >= 11 is 1.81. The molecular formula is C14H22N2O2S. The van der Waals surface area contributed by atoms with Gasteiger partial charge in [0.2, 0.25) is 0 Å². The van der Waals surface area contributed by atoms with E-state index in [0.29, 0.717) is 23.8 Å². The standard InChI is InChI=1S/C14H22N2O2S/c1-10(9-19-4)16(2)8-11-6-5-7-12(15)13(11)14(17)18-3/h5-7,10H,8-9,15H2,1-4H3. The molecule has 106 valence electrons. The van der Waals surface area contributed by atoms with Crippen molar-refractivity contribution >= 4 is 23.4 Å². The molecule has 0 amide bonds. The first kappa shape index (κ1) is 15.9. The maximum absolute atomic E-state index is 11.8. The first-order valence-electron chi connectivity index (χ1n) is 6.16. The molecule has 0 radical (unpaired) electrons. The number of methoxy groups -OCH3 is 1. The number of hydrogen-bond donors (Lipinski definition) is 1. The molecule has 4 nitrogen and oxygen atoms in total. The Hall–Kier alpha value is -1.20. The highest BCUT2D eigenvalue weighted by molar-refractivity contribution is 7.98. The SMILES string of the molecule is COC(=O)c1c(N)cccc1CN(C)C(C)CSC. The molecule has 1 aromatic rings. The summed E-state index contributed by atoms with van der Waals surface area (Å²) < 4.78 is 4.81. The summed E-state index contributed by atoms with van der Waals surface area (Å²) in [4.78, 5) is 14.0. The lowest BCUT2D eigenvalue weighted by molar-refractivity contribution is 0.0599. The Balaban J connectivity index is 2.95. The van der Waals surface area contributed by atoms with Crippen molar-refractivity contribution in [3.05, 3.63) is 29.3 Å². The van der Waals surface area contributed by atoms with E-state index in [9.17, 15) is 4.79 Å². The van der Waals surface area contributed by atoms with Gasteiger partial charge >= 0.3 is 5.97 Å². The number of rotatable bonds is 6. The van der Waals surface area contributed by atoms with E-state index in [-0.39, 0.29) is 5.97 Å². The molecule has 0 aliphatic heterocycles. The summed E-state index contributed by atoms with van der Waals surface area (Å²) in [5.74, 6) is 0.672. The largest absolute Gasteiger partial charge is 0.465 e. The lowest BCUT2D eigenvalue weighted by Crippen LogP contribution is -2.31.